The molecule has 0 aliphatic carbocycles. The number of ether oxygens (including phenoxy) is 2. The molecule has 0 radical (unpaired) electrons. The molecule has 0 saturated carbocycles. The Morgan fingerprint density at radius 3 is 2.35 bits per heavy atom. The molecule has 0 aliphatic heterocycles. The summed E-state index contributed by atoms with van der Waals surface area (Å²) in [7, 11) is 0. The maximum atomic E-state index is 11.5. The van der Waals surface area contributed by atoms with Crippen LogP contribution in [0.25, 0.3) is 5.57 Å². The highest BCUT2D eigenvalue weighted by molar-refractivity contribution is 5.91. The van der Waals surface area contributed by atoms with Gasteiger partial charge in [0, 0.05) is 6.08 Å². The molecule has 0 aromatic heterocycles. The van der Waals surface area contributed by atoms with E-state index < -0.39 is 0 Å². The minimum absolute atomic E-state index is 0.288. The first kappa shape index (κ1) is 16.3. The number of benzene rings is 1. The van der Waals surface area contributed by atoms with E-state index in [1.165, 1.54) is 0 Å². The summed E-state index contributed by atoms with van der Waals surface area (Å²) in [5.74, 6) is 1.07. The molecule has 0 aliphatic rings. The lowest BCUT2D eigenvalue weighted by molar-refractivity contribution is -0.137. The number of hydrogen-bond donors (Lipinski definition) is 0. The Morgan fingerprint density at radius 2 is 1.85 bits per heavy atom. The number of carbonyl (C=O) groups excluding carboxylic acids is 1. The van der Waals surface area contributed by atoms with Gasteiger partial charge in [-0.2, -0.15) is 0 Å². The molecule has 1 rings (SSSR count). The zero-order chi connectivity index (χ0) is 15.0. The van der Waals surface area contributed by atoms with Crippen LogP contribution in [-0.4, -0.2) is 19.2 Å². The molecular weight excluding hydrogens is 252 g/mol. The minimum atomic E-state index is -0.288. The summed E-state index contributed by atoms with van der Waals surface area (Å²) in [6.45, 7) is 9.16. The molecule has 3 nitrogen and oxygen atoms in total. The Bertz CT molecular complexity index is 444. The van der Waals surface area contributed by atoms with Crippen LogP contribution in [0.1, 0.15) is 39.7 Å². The maximum absolute atomic E-state index is 11.5. The van der Waals surface area contributed by atoms with Gasteiger partial charge in [0.1, 0.15) is 5.75 Å². The van der Waals surface area contributed by atoms with Crippen LogP contribution in [0.3, 0.4) is 0 Å². The molecule has 0 unspecified atom stereocenters. The molecule has 0 fully saturated rings. The first-order valence-corrected chi connectivity index (χ1v) is 7.17. The summed E-state index contributed by atoms with van der Waals surface area (Å²) in [4.78, 5) is 11.5. The van der Waals surface area contributed by atoms with Crippen molar-refractivity contribution < 1.29 is 14.3 Å². The second-order valence-electron chi connectivity index (χ2n) is 5.00. The fourth-order valence-electron chi connectivity index (χ4n) is 1.74. The van der Waals surface area contributed by atoms with E-state index in [-0.39, 0.29) is 5.97 Å². The van der Waals surface area contributed by atoms with Crippen molar-refractivity contribution >= 4 is 11.5 Å². The Kier molecular flexibility index (Phi) is 6.85. The highest BCUT2D eigenvalue weighted by atomic mass is 16.5. The second-order valence-corrected chi connectivity index (χ2v) is 5.00. The molecule has 110 valence electrons. The molecule has 0 bridgehead atoms. The van der Waals surface area contributed by atoms with Gasteiger partial charge in [0.15, 0.2) is 0 Å². The summed E-state index contributed by atoms with van der Waals surface area (Å²) in [5.41, 5.74) is 2.00. The zero-order valence-electron chi connectivity index (χ0n) is 12.8. The van der Waals surface area contributed by atoms with Gasteiger partial charge in [0.2, 0.25) is 0 Å². The van der Waals surface area contributed by atoms with Crippen LogP contribution < -0.4 is 4.74 Å². The van der Waals surface area contributed by atoms with E-state index in [0.717, 1.165) is 23.3 Å². The quantitative estimate of drug-likeness (QED) is 0.556. The number of esters is 1. The lowest BCUT2D eigenvalue weighted by Gasteiger charge is -2.10. The van der Waals surface area contributed by atoms with E-state index in [1.807, 2.05) is 31.2 Å². The lowest BCUT2D eigenvalue weighted by Crippen LogP contribution is -2.04. The van der Waals surface area contributed by atoms with Gasteiger partial charge in [-0.25, -0.2) is 4.79 Å². The Balaban J connectivity index is 2.76. The van der Waals surface area contributed by atoms with Crippen molar-refractivity contribution in [3.05, 3.63) is 35.9 Å². The van der Waals surface area contributed by atoms with Crippen molar-refractivity contribution in [1.29, 1.82) is 0 Å². The molecule has 0 atom stereocenters. The Morgan fingerprint density at radius 1 is 1.20 bits per heavy atom. The van der Waals surface area contributed by atoms with Crippen molar-refractivity contribution in [2.75, 3.05) is 13.2 Å². The van der Waals surface area contributed by atoms with Gasteiger partial charge in [-0.3, -0.25) is 0 Å². The second kappa shape index (κ2) is 8.41. The fraction of sp³-hybridized carbons (Fsp3) is 0.471. The molecule has 1 aromatic carbocycles. The third-order valence-corrected chi connectivity index (χ3v) is 2.77. The average molecular weight is 276 g/mol. The van der Waals surface area contributed by atoms with Crippen LogP contribution in [0.2, 0.25) is 0 Å². The molecule has 0 N–H and O–H groups in total. The molecule has 1 aromatic rings. The summed E-state index contributed by atoms with van der Waals surface area (Å²) in [6.07, 6.45) is 2.35. The first-order valence-electron chi connectivity index (χ1n) is 7.17. The standard InChI is InChI=1S/C17H24O3/c1-5-14(11-17(18)19-6-2)15-7-9-16(10-8-15)20-12-13(3)4/h7-11,13H,5-6,12H2,1-4H3. The van der Waals surface area contributed by atoms with Crippen LogP contribution in [0.15, 0.2) is 30.3 Å². The largest absolute Gasteiger partial charge is 0.493 e. The van der Waals surface area contributed by atoms with E-state index in [1.54, 1.807) is 13.0 Å². The topological polar surface area (TPSA) is 35.5 Å². The monoisotopic (exact) mass is 276 g/mol. The predicted octanol–water partition coefficient (Wildman–Crippen LogP) is 4.08. The summed E-state index contributed by atoms with van der Waals surface area (Å²) >= 11 is 0. The lowest BCUT2D eigenvalue weighted by atomic mass is 10.0. The number of rotatable bonds is 7. The summed E-state index contributed by atoms with van der Waals surface area (Å²) in [6, 6.07) is 7.83. The fourth-order valence-corrected chi connectivity index (χ4v) is 1.74. The van der Waals surface area contributed by atoms with Crippen molar-refractivity contribution in [1.82, 2.24) is 0 Å². The first-order chi connectivity index (χ1) is 9.56. The molecule has 0 saturated heterocycles. The Labute approximate surface area is 121 Å². The van der Waals surface area contributed by atoms with Gasteiger partial charge in [0.05, 0.1) is 13.2 Å². The number of hydrogen-bond acceptors (Lipinski definition) is 3. The number of allylic oxidation sites excluding steroid dienone is 1. The molecule has 0 spiro atoms. The van der Waals surface area contributed by atoms with Gasteiger partial charge < -0.3 is 9.47 Å². The van der Waals surface area contributed by atoms with Crippen molar-refractivity contribution in [2.24, 2.45) is 5.92 Å². The molecule has 3 heteroatoms. The van der Waals surface area contributed by atoms with E-state index >= 15 is 0 Å². The zero-order valence-corrected chi connectivity index (χ0v) is 12.8. The van der Waals surface area contributed by atoms with E-state index in [4.69, 9.17) is 9.47 Å². The molecular formula is C17H24O3. The SMILES string of the molecule is CCOC(=O)C=C(CC)c1ccc(OCC(C)C)cc1. The maximum Gasteiger partial charge on any atom is 0.331 e. The van der Waals surface area contributed by atoms with Crippen LogP contribution in [0, 0.1) is 5.92 Å². The minimum Gasteiger partial charge on any atom is -0.493 e. The van der Waals surface area contributed by atoms with Gasteiger partial charge in [-0.1, -0.05) is 32.9 Å². The third kappa shape index (κ3) is 5.47. The summed E-state index contributed by atoms with van der Waals surface area (Å²) < 4.78 is 10.6. The highest BCUT2D eigenvalue weighted by Crippen LogP contribution is 2.21. The van der Waals surface area contributed by atoms with Gasteiger partial charge in [-0.15, -0.1) is 0 Å². The van der Waals surface area contributed by atoms with E-state index in [0.29, 0.717) is 19.1 Å². The molecule has 0 amide bonds. The average Bonchev–Trinajstić information content (AvgIpc) is 2.43. The van der Waals surface area contributed by atoms with E-state index in [9.17, 15) is 4.79 Å². The molecule has 0 heterocycles. The third-order valence-electron chi connectivity index (χ3n) is 2.77. The van der Waals surface area contributed by atoms with Crippen LogP contribution in [0.4, 0.5) is 0 Å². The normalized spacial score (nSPS) is 11.6. The van der Waals surface area contributed by atoms with Crippen molar-refractivity contribution in [2.45, 2.75) is 34.1 Å². The summed E-state index contributed by atoms with van der Waals surface area (Å²) in [5, 5.41) is 0. The van der Waals surface area contributed by atoms with Gasteiger partial charge in [-0.05, 0) is 42.5 Å². The van der Waals surface area contributed by atoms with Crippen LogP contribution in [-0.2, 0) is 9.53 Å². The van der Waals surface area contributed by atoms with Crippen molar-refractivity contribution in [3.8, 4) is 5.75 Å². The highest BCUT2D eigenvalue weighted by Gasteiger charge is 2.05. The number of carbonyl (C=O) groups is 1. The predicted molar refractivity (Wildman–Crippen MR) is 81.7 cm³/mol. The Hall–Kier alpha value is -1.77. The van der Waals surface area contributed by atoms with Crippen LogP contribution in [0.5, 0.6) is 5.75 Å². The van der Waals surface area contributed by atoms with Crippen molar-refractivity contribution in [3.63, 3.8) is 0 Å². The van der Waals surface area contributed by atoms with Gasteiger partial charge >= 0.3 is 5.97 Å². The van der Waals surface area contributed by atoms with E-state index in [2.05, 4.69) is 13.8 Å². The van der Waals surface area contributed by atoms with Gasteiger partial charge in [0.25, 0.3) is 0 Å². The van der Waals surface area contributed by atoms with Crippen LogP contribution >= 0.6 is 0 Å². The molecule has 20 heavy (non-hydrogen) atoms. The smallest absolute Gasteiger partial charge is 0.331 e.